The Labute approximate surface area is 119 Å². The summed E-state index contributed by atoms with van der Waals surface area (Å²) in [6.45, 7) is 4.66. The lowest BCUT2D eigenvalue weighted by molar-refractivity contribution is -0.127. The normalized spacial score (nSPS) is 21.9. The van der Waals surface area contributed by atoms with Gasteiger partial charge in [0.15, 0.2) is 0 Å². The standard InChI is InChI=1S/C16H22N2O2/c1-3-9-17-15(19)13-10-14(13)16(20)18-11(2)12-7-5-4-6-8-12/h4-8,11,13-14H,3,9-10H2,1-2H3,(H,17,19)(H,18,20). The van der Waals surface area contributed by atoms with Crippen LogP contribution in [0.15, 0.2) is 30.3 Å². The van der Waals surface area contributed by atoms with Crippen LogP contribution in [0.2, 0.25) is 0 Å². The van der Waals surface area contributed by atoms with E-state index in [0.717, 1.165) is 12.0 Å². The molecule has 3 unspecified atom stereocenters. The molecule has 2 rings (SSSR count). The van der Waals surface area contributed by atoms with Crippen LogP contribution in [-0.2, 0) is 9.59 Å². The third kappa shape index (κ3) is 3.59. The molecule has 1 aliphatic carbocycles. The molecule has 108 valence electrons. The fourth-order valence-corrected chi connectivity index (χ4v) is 2.30. The summed E-state index contributed by atoms with van der Waals surface area (Å²) >= 11 is 0. The Morgan fingerprint density at radius 3 is 2.50 bits per heavy atom. The fourth-order valence-electron chi connectivity index (χ4n) is 2.30. The van der Waals surface area contributed by atoms with E-state index in [1.54, 1.807) is 0 Å². The number of nitrogens with one attached hydrogen (secondary N) is 2. The monoisotopic (exact) mass is 274 g/mol. The number of hydrogen-bond acceptors (Lipinski definition) is 2. The van der Waals surface area contributed by atoms with Gasteiger partial charge in [-0.05, 0) is 25.3 Å². The Bertz CT molecular complexity index is 473. The molecule has 0 radical (unpaired) electrons. The topological polar surface area (TPSA) is 58.2 Å². The molecule has 1 saturated carbocycles. The van der Waals surface area contributed by atoms with Crippen molar-refractivity contribution < 1.29 is 9.59 Å². The average Bonchev–Trinajstić information content (AvgIpc) is 3.26. The smallest absolute Gasteiger partial charge is 0.224 e. The average molecular weight is 274 g/mol. The first-order valence-corrected chi connectivity index (χ1v) is 7.26. The van der Waals surface area contributed by atoms with Crippen LogP contribution in [0, 0.1) is 11.8 Å². The van der Waals surface area contributed by atoms with E-state index in [-0.39, 0.29) is 29.7 Å². The lowest BCUT2D eigenvalue weighted by atomic mass is 10.1. The molecule has 0 bridgehead atoms. The Hall–Kier alpha value is -1.84. The summed E-state index contributed by atoms with van der Waals surface area (Å²) in [6, 6.07) is 9.81. The molecule has 0 heterocycles. The molecule has 1 aromatic carbocycles. The molecule has 1 aliphatic rings. The van der Waals surface area contributed by atoms with E-state index in [0.29, 0.717) is 13.0 Å². The number of rotatable bonds is 6. The predicted octanol–water partition coefficient (Wildman–Crippen LogP) is 2.03. The van der Waals surface area contributed by atoms with Gasteiger partial charge < -0.3 is 10.6 Å². The van der Waals surface area contributed by atoms with Gasteiger partial charge in [-0.15, -0.1) is 0 Å². The molecule has 2 amide bonds. The minimum Gasteiger partial charge on any atom is -0.356 e. The van der Waals surface area contributed by atoms with Crippen LogP contribution < -0.4 is 10.6 Å². The summed E-state index contributed by atoms with van der Waals surface area (Å²) < 4.78 is 0. The molecule has 4 heteroatoms. The summed E-state index contributed by atoms with van der Waals surface area (Å²) in [4.78, 5) is 23.8. The molecule has 2 N–H and O–H groups in total. The second kappa shape index (κ2) is 6.55. The first kappa shape index (κ1) is 14.6. The van der Waals surface area contributed by atoms with Crippen LogP contribution in [0.25, 0.3) is 0 Å². The third-order valence-corrected chi connectivity index (χ3v) is 3.67. The van der Waals surface area contributed by atoms with Gasteiger partial charge in [0.05, 0.1) is 17.9 Å². The molecule has 0 aromatic heterocycles. The zero-order valence-electron chi connectivity index (χ0n) is 12.1. The van der Waals surface area contributed by atoms with E-state index in [2.05, 4.69) is 10.6 Å². The van der Waals surface area contributed by atoms with E-state index in [1.165, 1.54) is 0 Å². The van der Waals surface area contributed by atoms with Crippen LogP contribution in [0.3, 0.4) is 0 Å². The second-order valence-corrected chi connectivity index (χ2v) is 5.38. The van der Waals surface area contributed by atoms with E-state index in [4.69, 9.17) is 0 Å². The molecule has 4 nitrogen and oxygen atoms in total. The van der Waals surface area contributed by atoms with Crippen LogP contribution >= 0.6 is 0 Å². The first-order chi connectivity index (χ1) is 9.63. The largest absolute Gasteiger partial charge is 0.356 e. The first-order valence-electron chi connectivity index (χ1n) is 7.26. The Morgan fingerprint density at radius 1 is 1.20 bits per heavy atom. The van der Waals surface area contributed by atoms with E-state index in [9.17, 15) is 9.59 Å². The van der Waals surface area contributed by atoms with Crippen LogP contribution in [0.5, 0.6) is 0 Å². The molecular weight excluding hydrogens is 252 g/mol. The van der Waals surface area contributed by atoms with Crippen molar-refractivity contribution in [1.82, 2.24) is 10.6 Å². The summed E-state index contributed by atoms with van der Waals surface area (Å²) in [7, 11) is 0. The van der Waals surface area contributed by atoms with E-state index in [1.807, 2.05) is 44.2 Å². The fraction of sp³-hybridized carbons (Fsp3) is 0.500. The maximum atomic E-state index is 12.1. The summed E-state index contributed by atoms with van der Waals surface area (Å²) in [5.41, 5.74) is 1.08. The van der Waals surface area contributed by atoms with Crippen molar-refractivity contribution in [2.45, 2.75) is 32.7 Å². The van der Waals surface area contributed by atoms with Gasteiger partial charge in [0, 0.05) is 6.54 Å². The van der Waals surface area contributed by atoms with Gasteiger partial charge in [-0.2, -0.15) is 0 Å². The maximum absolute atomic E-state index is 12.1. The zero-order chi connectivity index (χ0) is 14.5. The van der Waals surface area contributed by atoms with Gasteiger partial charge in [0.1, 0.15) is 0 Å². The van der Waals surface area contributed by atoms with Crippen molar-refractivity contribution in [1.29, 1.82) is 0 Å². The Morgan fingerprint density at radius 2 is 1.85 bits per heavy atom. The van der Waals surface area contributed by atoms with Gasteiger partial charge in [-0.1, -0.05) is 37.3 Å². The van der Waals surface area contributed by atoms with Crippen LogP contribution in [0.4, 0.5) is 0 Å². The number of hydrogen-bond donors (Lipinski definition) is 2. The predicted molar refractivity (Wildman–Crippen MR) is 77.9 cm³/mol. The van der Waals surface area contributed by atoms with E-state index >= 15 is 0 Å². The number of carbonyl (C=O) groups is 2. The minimum atomic E-state index is -0.155. The van der Waals surface area contributed by atoms with Crippen LogP contribution in [0.1, 0.15) is 38.3 Å². The van der Waals surface area contributed by atoms with Crippen molar-refractivity contribution in [3.05, 3.63) is 35.9 Å². The lowest BCUT2D eigenvalue weighted by Crippen LogP contribution is -2.31. The highest BCUT2D eigenvalue weighted by Crippen LogP contribution is 2.39. The van der Waals surface area contributed by atoms with Gasteiger partial charge in [-0.25, -0.2) is 0 Å². The SMILES string of the molecule is CCCNC(=O)C1CC1C(=O)NC(C)c1ccccc1. The van der Waals surface area contributed by atoms with Crippen molar-refractivity contribution in [3.63, 3.8) is 0 Å². The third-order valence-electron chi connectivity index (χ3n) is 3.67. The van der Waals surface area contributed by atoms with Crippen molar-refractivity contribution in [2.75, 3.05) is 6.54 Å². The molecule has 0 aliphatic heterocycles. The molecule has 0 spiro atoms. The van der Waals surface area contributed by atoms with Crippen LogP contribution in [-0.4, -0.2) is 18.4 Å². The highest BCUT2D eigenvalue weighted by atomic mass is 16.2. The second-order valence-electron chi connectivity index (χ2n) is 5.38. The minimum absolute atomic E-state index is 0.0133. The van der Waals surface area contributed by atoms with Crippen molar-refractivity contribution in [2.24, 2.45) is 11.8 Å². The van der Waals surface area contributed by atoms with Gasteiger partial charge in [0.2, 0.25) is 11.8 Å². The molecule has 20 heavy (non-hydrogen) atoms. The highest BCUT2D eigenvalue weighted by Gasteiger charge is 2.48. The summed E-state index contributed by atoms with van der Waals surface area (Å²) in [6.07, 6.45) is 1.59. The summed E-state index contributed by atoms with van der Waals surface area (Å²) in [5, 5.41) is 5.83. The van der Waals surface area contributed by atoms with Crippen molar-refractivity contribution >= 4 is 11.8 Å². The molecular formula is C16H22N2O2. The number of carbonyl (C=O) groups excluding carboxylic acids is 2. The molecule has 3 atom stereocenters. The Kier molecular flexibility index (Phi) is 4.77. The van der Waals surface area contributed by atoms with Gasteiger partial charge >= 0.3 is 0 Å². The Balaban J connectivity index is 1.81. The molecule has 0 saturated heterocycles. The lowest BCUT2D eigenvalue weighted by Gasteiger charge is -2.14. The van der Waals surface area contributed by atoms with Gasteiger partial charge in [0.25, 0.3) is 0 Å². The quantitative estimate of drug-likeness (QED) is 0.834. The number of benzene rings is 1. The summed E-state index contributed by atoms with van der Waals surface area (Å²) in [5.74, 6) is -0.292. The van der Waals surface area contributed by atoms with Gasteiger partial charge in [-0.3, -0.25) is 9.59 Å². The molecule has 1 fully saturated rings. The maximum Gasteiger partial charge on any atom is 0.224 e. The zero-order valence-corrected chi connectivity index (χ0v) is 12.1. The van der Waals surface area contributed by atoms with Crippen molar-refractivity contribution in [3.8, 4) is 0 Å². The van der Waals surface area contributed by atoms with E-state index < -0.39 is 0 Å². The highest BCUT2D eigenvalue weighted by molar-refractivity contribution is 5.92. The number of amides is 2. The molecule has 1 aromatic rings.